The molecule has 0 aliphatic carbocycles. The van der Waals surface area contributed by atoms with Crippen LogP contribution in [0.1, 0.15) is 30.4 Å². The van der Waals surface area contributed by atoms with Crippen LogP contribution in [0, 0.1) is 0 Å². The Bertz CT molecular complexity index is 1080. The molecule has 0 radical (unpaired) electrons. The lowest BCUT2D eigenvalue weighted by atomic mass is 10.0. The zero-order chi connectivity index (χ0) is 24.6. The number of carbonyl (C=O) groups excluding carboxylic acids is 2. The van der Waals surface area contributed by atoms with Gasteiger partial charge in [-0.1, -0.05) is 6.07 Å². The summed E-state index contributed by atoms with van der Waals surface area (Å²) in [5.41, 5.74) is 2.43. The maximum absolute atomic E-state index is 12.8. The van der Waals surface area contributed by atoms with E-state index in [1.807, 2.05) is 42.5 Å². The molecule has 0 spiro atoms. The molecule has 1 fully saturated rings. The third kappa shape index (κ3) is 6.54. The van der Waals surface area contributed by atoms with Gasteiger partial charge in [0.25, 0.3) is 0 Å². The highest BCUT2D eigenvalue weighted by molar-refractivity contribution is 5.91. The molecule has 8 nitrogen and oxygen atoms in total. The fourth-order valence-electron chi connectivity index (χ4n) is 4.37. The fourth-order valence-corrected chi connectivity index (χ4v) is 4.37. The Balaban J connectivity index is 1.28. The van der Waals surface area contributed by atoms with E-state index in [-0.39, 0.29) is 31.2 Å². The first-order valence-electron chi connectivity index (χ1n) is 12.0. The Hall–Kier alpha value is -3.52. The molecule has 4 rings (SSSR count). The molecule has 186 valence electrons. The highest BCUT2D eigenvalue weighted by Crippen LogP contribution is 2.32. The lowest BCUT2D eigenvalue weighted by molar-refractivity contribution is -0.128. The molecule has 2 aromatic rings. The number of amides is 2. The van der Waals surface area contributed by atoms with E-state index in [0.29, 0.717) is 23.8 Å². The molecule has 0 bridgehead atoms. The van der Waals surface area contributed by atoms with Gasteiger partial charge in [-0.2, -0.15) is 0 Å². The summed E-state index contributed by atoms with van der Waals surface area (Å²) in [4.78, 5) is 29.4. The molecule has 0 unspecified atom stereocenters. The highest BCUT2D eigenvalue weighted by Gasteiger charge is 2.20. The summed E-state index contributed by atoms with van der Waals surface area (Å²) in [6.45, 7) is 4.11. The van der Waals surface area contributed by atoms with Gasteiger partial charge < -0.3 is 24.4 Å². The molecule has 2 amide bonds. The summed E-state index contributed by atoms with van der Waals surface area (Å²) >= 11 is 0. The number of likely N-dealkylation sites (tertiary alicyclic amines) is 1. The molecule has 1 saturated heterocycles. The maximum Gasteiger partial charge on any atom is 0.230 e. The number of nitrogens with zero attached hydrogens (tertiary/aromatic N) is 2. The van der Waals surface area contributed by atoms with Crippen LogP contribution in [0.25, 0.3) is 6.08 Å². The second-order valence-electron chi connectivity index (χ2n) is 8.71. The molecule has 8 heteroatoms. The Morgan fingerprint density at radius 2 is 1.80 bits per heavy atom. The molecule has 2 heterocycles. The molecule has 2 aromatic carbocycles. The van der Waals surface area contributed by atoms with E-state index in [2.05, 4.69) is 10.2 Å². The summed E-state index contributed by atoms with van der Waals surface area (Å²) in [5, 5.41) is 2.91. The zero-order valence-corrected chi connectivity index (χ0v) is 20.4. The van der Waals surface area contributed by atoms with Crippen LogP contribution in [0.3, 0.4) is 0 Å². The van der Waals surface area contributed by atoms with Crippen molar-refractivity contribution in [2.75, 3.05) is 52.3 Å². The third-order valence-corrected chi connectivity index (χ3v) is 6.31. The molecule has 35 heavy (non-hydrogen) atoms. The zero-order valence-electron chi connectivity index (χ0n) is 20.4. The van der Waals surface area contributed by atoms with E-state index >= 15 is 0 Å². The number of carbonyl (C=O) groups is 2. The number of anilines is 1. The van der Waals surface area contributed by atoms with Crippen LogP contribution in [0.15, 0.2) is 42.6 Å². The van der Waals surface area contributed by atoms with Gasteiger partial charge in [0, 0.05) is 37.5 Å². The normalized spacial score (nSPS) is 15.5. The number of rotatable bonds is 10. The second-order valence-corrected chi connectivity index (χ2v) is 8.71. The number of hydrogen-bond donors (Lipinski definition) is 1. The monoisotopic (exact) mass is 479 g/mol. The van der Waals surface area contributed by atoms with E-state index in [4.69, 9.17) is 14.2 Å². The lowest BCUT2D eigenvalue weighted by Gasteiger charge is -2.17. The number of hydrogen-bond acceptors (Lipinski definition) is 6. The van der Waals surface area contributed by atoms with Crippen molar-refractivity contribution in [1.82, 2.24) is 9.80 Å². The average molecular weight is 480 g/mol. The van der Waals surface area contributed by atoms with Crippen LogP contribution >= 0.6 is 0 Å². The van der Waals surface area contributed by atoms with Crippen molar-refractivity contribution in [2.24, 2.45) is 0 Å². The summed E-state index contributed by atoms with van der Waals surface area (Å²) in [5.74, 6) is 1.69. The standard InChI is InChI=1S/C27H33N3O5/c1-33-24-16-20-8-12-30(27(32)18-21(20)17-25(24)34-2)13-9-26(31)28-22-6-5-7-23(19-22)35-15-14-29-10-3-4-11-29/h5-8,12,16-17,19H,3-4,9-11,13-15,18H2,1-2H3,(H,28,31). The molecule has 0 saturated carbocycles. The van der Waals surface area contributed by atoms with E-state index < -0.39 is 0 Å². The van der Waals surface area contributed by atoms with Gasteiger partial charge in [-0.05, 0) is 67.4 Å². The van der Waals surface area contributed by atoms with E-state index in [0.717, 1.165) is 36.5 Å². The minimum Gasteiger partial charge on any atom is -0.493 e. The fraction of sp³-hybridized carbons (Fsp3) is 0.407. The Morgan fingerprint density at radius 1 is 1.03 bits per heavy atom. The van der Waals surface area contributed by atoms with E-state index in [1.54, 1.807) is 25.3 Å². The summed E-state index contributed by atoms with van der Waals surface area (Å²) < 4.78 is 16.6. The van der Waals surface area contributed by atoms with Gasteiger partial charge in [-0.3, -0.25) is 14.5 Å². The summed E-state index contributed by atoms with van der Waals surface area (Å²) in [6.07, 6.45) is 6.51. The first kappa shape index (κ1) is 24.6. The predicted molar refractivity (Wildman–Crippen MR) is 135 cm³/mol. The van der Waals surface area contributed by atoms with Crippen molar-refractivity contribution in [2.45, 2.75) is 25.7 Å². The molecular formula is C27H33N3O5. The summed E-state index contributed by atoms with van der Waals surface area (Å²) in [7, 11) is 3.15. The molecule has 2 aliphatic heterocycles. The van der Waals surface area contributed by atoms with Crippen molar-refractivity contribution < 1.29 is 23.8 Å². The van der Waals surface area contributed by atoms with Crippen molar-refractivity contribution in [1.29, 1.82) is 0 Å². The number of fused-ring (bicyclic) bond motifs is 1. The highest BCUT2D eigenvalue weighted by atomic mass is 16.5. The van der Waals surface area contributed by atoms with Gasteiger partial charge in [-0.15, -0.1) is 0 Å². The molecule has 0 aromatic heterocycles. The minimum atomic E-state index is -0.162. The van der Waals surface area contributed by atoms with Crippen molar-refractivity contribution in [3.8, 4) is 17.2 Å². The van der Waals surface area contributed by atoms with Gasteiger partial charge in [0.15, 0.2) is 11.5 Å². The quantitative estimate of drug-likeness (QED) is 0.561. The minimum absolute atomic E-state index is 0.0755. The third-order valence-electron chi connectivity index (χ3n) is 6.31. The van der Waals surface area contributed by atoms with Gasteiger partial charge in [0.1, 0.15) is 12.4 Å². The molecule has 2 aliphatic rings. The van der Waals surface area contributed by atoms with Gasteiger partial charge in [0.2, 0.25) is 11.8 Å². The van der Waals surface area contributed by atoms with Crippen LogP contribution < -0.4 is 19.5 Å². The van der Waals surface area contributed by atoms with Crippen LogP contribution in [0.4, 0.5) is 5.69 Å². The first-order chi connectivity index (χ1) is 17.1. The van der Waals surface area contributed by atoms with Gasteiger partial charge >= 0.3 is 0 Å². The maximum atomic E-state index is 12.8. The second kappa shape index (κ2) is 11.8. The number of ether oxygens (including phenoxy) is 3. The number of nitrogens with one attached hydrogen (secondary N) is 1. The van der Waals surface area contributed by atoms with Gasteiger partial charge in [0.05, 0.1) is 20.6 Å². The number of benzene rings is 2. The molecule has 1 N–H and O–H groups in total. The van der Waals surface area contributed by atoms with Crippen LogP contribution in [0.2, 0.25) is 0 Å². The Labute approximate surface area is 206 Å². The Kier molecular flexibility index (Phi) is 8.26. The Morgan fingerprint density at radius 3 is 2.57 bits per heavy atom. The average Bonchev–Trinajstić information content (AvgIpc) is 3.32. The smallest absolute Gasteiger partial charge is 0.230 e. The first-order valence-corrected chi connectivity index (χ1v) is 12.0. The molecule has 0 atom stereocenters. The molecular weight excluding hydrogens is 446 g/mol. The SMILES string of the molecule is COc1cc2c(cc1OC)CC(=O)N(CCC(=O)Nc1cccc(OCCN3CCCC3)c1)C=C2. The van der Waals surface area contributed by atoms with Crippen molar-refractivity contribution in [3.63, 3.8) is 0 Å². The van der Waals surface area contributed by atoms with Gasteiger partial charge in [-0.25, -0.2) is 0 Å². The van der Waals surface area contributed by atoms with E-state index in [1.165, 1.54) is 12.8 Å². The van der Waals surface area contributed by atoms with Crippen molar-refractivity contribution >= 4 is 23.6 Å². The van der Waals surface area contributed by atoms with Crippen LogP contribution in [-0.2, 0) is 16.0 Å². The predicted octanol–water partition coefficient (Wildman–Crippen LogP) is 3.56. The topological polar surface area (TPSA) is 80.3 Å². The van der Waals surface area contributed by atoms with Crippen LogP contribution in [-0.4, -0.2) is 68.6 Å². The van der Waals surface area contributed by atoms with E-state index in [9.17, 15) is 9.59 Å². The lowest BCUT2D eigenvalue weighted by Crippen LogP contribution is -2.30. The summed E-state index contributed by atoms with van der Waals surface area (Å²) in [6, 6.07) is 11.1. The van der Waals surface area contributed by atoms with Crippen molar-refractivity contribution in [3.05, 3.63) is 53.7 Å². The largest absolute Gasteiger partial charge is 0.493 e. The van der Waals surface area contributed by atoms with Crippen LogP contribution in [0.5, 0.6) is 17.2 Å². The number of methoxy groups -OCH3 is 2.